The standard InChI is InChI=1S/C20H16N2O3S/c1-25-15-6-2-4-13(10-15)12-22-9-8-16-14(5-3-7-18(16)22)11-17-19(23)26-20(24)21-17/h2-11H,12H2,1H3,(H,21,24). The van der Waals surface area contributed by atoms with Gasteiger partial charge in [-0.25, -0.2) is 0 Å². The molecule has 0 unspecified atom stereocenters. The molecule has 1 fully saturated rings. The number of benzene rings is 2. The average Bonchev–Trinajstić information content (AvgIpc) is 3.19. The van der Waals surface area contributed by atoms with Crippen molar-refractivity contribution in [2.75, 3.05) is 7.11 Å². The minimum Gasteiger partial charge on any atom is -0.497 e. The maximum absolute atomic E-state index is 11.8. The highest BCUT2D eigenvalue weighted by molar-refractivity contribution is 8.27. The quantitative estimate of drug-likeness (QED) is 0.710. The highest BCUT2D eigenvalue weighted by atomic mass is 32.2. The van der Waals surface area contributed by atoms with Gasteiger partial charge in [0.25, 0.3) is 5.24 Å². The molecule has 1 aromatic heterocycles. The summed E-state index contributed by atoms with van der Waals surface area (Å²) in [7, 11) is 1.66. The van der Waals surface area contributed by atoms with Gasteiger partial charge >= 0.3 is 0 Å². The largest absolute Gasteiger partial charge is 0.497 e. The van der Waals surface area contributed by atoms with Crippen LogP contribution < -0.4 is 10.1 Å². The van der Waals surface area contributed by atoms with Crippen molar-refractivity contribution in [2.24, 2.45) is 0 Å². The number of thioether (sulfide) groups is 1. The molecule has 0 spiro atoms. The Hall–Kier alpha value is -2.99. The van der Waals surface area contributed by atoms with Gasteiger partial charge in [-0.15, -0.1) is 0 Å². The van der Waals surface area contributed by atoms with Gasteiger partial charge in [-0.2, -0.15) is 0 Å². The summed E-state index contributed by atoms with van der Waals surface area (Å²) in [5, 5.41) is 3.04. The van der Waals surface area contributed by atoms with E-state index in [2.05, 4.69) is 16.0 Å². The zero-order valence-electron chi connectivity index (χ0n) is 14.1. The molecule has 1 aliphatic rings. The van der Waals surface area contributed by atoms with E-state index in [0.29, 0.717) is 24.0 Å². The van der Waals surface area contributed by atoms with Gasteiger partial charge in [0, 0.05) is 35.4 Å². The van der Waals surface area contributed by atoms with E-state index in [1.54, 1.807) is 13.2 Å². The number of carbonyl (C=O) groups is 2. The normalized spacial score (nSPS) is 15.7. The third-order valence-electron chi connectivity index (χ3n) is 4.28. The predicted octanol–water partition coefficient (Wildman–Crippen LogP) is 4.02. The van der Waals surface area contributed by atoms with E-state index in [9.17, 15) is 9.59 Å². The second-order valence-electron chi connectivity index (χ2n) is 5.94. The first-order valence-corrected chi connectivity index (χ1v) is 8.91. The molecular weight excluding hydrogens is 348 g/mol. The topological polar surface area (TPSA) is 60.3 Å². The molecule has 130 valence electrons. The van der Waals surface area contributed by atoms with Crippen molar-refractivity contribution in [3.63, 3.8) is 0 Å². The third-order valence-corrected chi connectivity index (χ3v) is 4.97. The summed E-state index contributed by atoms with van der Waals surface area (Å²) in [6, 6.07) is 15.9. The molecule has 0 atom stereocenters. The Balaban J connectivity index is 1.70. The molecule has 0 saturated carbocycles. The smallest absolute Gasteiger partial charge is 0.291 e. The van der Waals surface area contributed by atoms with Crippen molar-refractivity contribution in [2.45, 2.75) is 6.54 Å². The minimum atomic E-state index is -0.330. The lowest BCUT2D eigenvalue weighted by Gasteiger charge is -2.08. The number of hydrogen-bond acceptors (Lipinski definition) is 4. The Bertz CT molecular complexity index is 1050. The van der Waals surface area contributed by atoms with Gasteiger partial charge in [0.05, 0.1) is 12.8 Å². The lowest BCUT2D eigenvalue weighted by molar-refractivity contribution is -0.107. The van der Waals surface area contributed by atoms with Crippen molar-refractivity contribution in [3.05, 3.63) is 71.6 Å². The molecule has 2 heterocycles. The number of nitrogens with one attached hydrogen (secondary N) is 1. The van der Waals surface area contributed by atoms with E-state index in [1.165, 1.54) is 0 Å². The van der Waals surface area contributed by atoms with E-state index < -0.39 is 0 Å². The van der Waals surface area contributed by atoms with Gasteiger partial charge in [-0.05, 0) is 41.5 Å². The van der Waals surface area contributed by atoms with Crippen molar-refractivity contribution in [3.8, 4) is 5.75 Å². The van der Waals surface area contributed by atoms with Crippen molar-refractivity contribution in [1.29, 1.82) is 0 Å². The van der Waals surface area contributed by atoms with Crippen LogP contribution in [0, 0.1) is 0 Å². The van der Waals surface area contributed by atoms with Gasteiger partial charge in [-0.3, -0.25) is 9.59 Å². The second-order valence-corrected chi connectivity index (χ2v) is 6.88. The molecule has 0 radical (unpaired) electrons. The first-order chi connectivity index (χ1) is 12.6. The third kappa shape index (κ3) is 3.11. The predicted molar refractivity (Wildman–Crippen MR) is 103 cm³/mol. The zero-order chi connectivity index (χ0) is 18.1. The summed E-state index contributed by atoms with van der Waals surface area (Å²) < 4.78 is 7.44. The molecular formula is C20H16N2O3S. The summed E-state index contributed by atoms with van der Waals surface area (Å²) in [4.78, 5) is 23.2. The van der Waals surface area contributed by atoms with E-state index in [1.807, 2.05) is 48.7 Å². The molecule has 4 rings (SSSR count). The number of carbonyl (C=O) groups excluding carboxylic acids is 2. The summed E-state index contributed by atoms with van der Waals surface area (Å²) in [5.41, 5.74) is 3.43. The molecule has 2 aromatic carbocycles. The number of fused-ring (bicyclic) bond motifs is 1. The van der Waals surface area contributed by atoms with E-state index in [-0.39, 0.29) is 10.4 Å². The molecule has 1 aliphatic heterocycles. The van der Waals surface area contributed by atoms with E-state index in [0.717, 1.165) is 27.8 Å². The van der Waals surface area contributed by atoms with Crippen LogP contribution in [0.15, 0.2) is 60.4 Å². The molecule has 3 aromatic rings. The highest BCUT2D eigenvalue weighted by Crippen LogP contribution is 2.26. The number of amides is 1. The van der Waals surface area contributed by atoms with Crippen LogP contribution in [0.2, 0.25) is 0 Å². The molecule has 1 saturated heterocycles. The number of methoxy groups -OCH3 is 1. The molecule has 1 amide bonds. The maximum Gasteiger partial charge on any atom is 0.291 e. The van der Waals surface area contributed by atoms with Crippen LogP contribution in [-0.2, 0) is 11.3 Å². The summed E-state index contributed by atoms with van der Waals surface area (Å²) in [6.45, 7) is 0.715. The van der Waals surface area contributed by atoms with Crippen LogP contribution in [-0.4, -0.2) is 22.0 Å². The van der Waals surface area contributed by atoms with Crippen LogP contribution in [0.4, 0.5) is 4.79 Å². The van der Waals surface area contributed by atoms with Crippen LogP contribution in [0.5, 0.6) is 5.75 Å². The van der Waals surface area contributed by atoms with Gasteiger partial charge < -0.3 is 14.6 Å². The average molecular weight is 364 g/mol. The number of aromatic nitrogens is 1. The minimum absolute atomic E-state index is 0.247. The first-order valence-electron chi connectivity index (χ1n) is 8.10. The van der Waals surface area contributed by atoms with Gasteiger partial charge in [0.2, 0.25) is 5.12 Å². The molecule has 5 nitrogen and oxygen atoms in total. The number of nitrogens with zero attached hydrogens (tertiary/aromatic N) is 1. The van der Waals surface area contributed by atoms with Crippen LogP contribution in [0.25, 0.3) is 17.0 Å². The van der Waals surface area contributed by atoms with Crippen molar-refractivity contribution < 1.29 is 14.3 Å². The second kappa shape index (κ2) is 6.72. The monoisotopic (exact) mass is 364 g/mol. The van der Waals surface area contributed by atoms with Gasteiger partial charge in [0.15, 0.2) is 0 Å². The van der Waals surface area contributed by atoms with E-state index in [4.69, 9.17) is 4.74 Å². The molecule has 0 aliphatic carbocycles. The lowest BCUT2D eigenvalue weighted by atomic mass is 10.1. The summed E-state index contributed by atoms with van der Waals surface area (Å²) in [5.74, 6) is 0.831. The van der Waals surface area contributed by atoms with Crippen molar-refractivity contribution in [1.82, 2.24) is 9.88 Å². The van der Waals surface area contributed by atoms with Gasteiger partial charge in [-0.1, -0.05) is 24.3 Å². The van der Waals surface area contributed by atoms with Crippen LogP contribution >= 0.6 is 11.8 Å². The fourth-order valence-electron chi connectivity index (χ4n) is 3.05. The fraction of sp³-hybridized carbons (Fsp3) is 0.100. The SMILES string of the molecule is COc1cccc(Cn2ccc3c(C=C4NC(=O)SC4=O)cccc32)c1. The molecule has 0 bridgehead atoms. The highest BCUT2D eigenvalue weighted by Gasteiger charge is 2.25. The van der Waals surface area contributed by atoms with Crippen molar-refractivity contribution >= 4 is 39.1 Å². The number of ether oxygens (including phenoxy) is 1. The Morgan fingerprint density at radius 1 is 1.15 bits per heavy atom. The maximum atomic E-state index is 11.8. The molecule has 6 heteroatoms. The number of hydrogen-bond donors (Lipinski definition) is 1. The number of rotatable bonds is 4. The Morgan fingerprint density at radius 2 is 2.00 bits per heavy atom. The van der Waals surface area contributed by atoms with Crippen LogP contribution in [0.1, 0.15) is 11.1 Å². The molecule has 1 N–H and O–H groups in total. The van der Waals surface area contributed by atoms with E-state index >= 15 is 0 Å². The fourth-order valence-corrected chi connectivity index (χ4v) is 3.60. The van der Waals surface area contributed by atoms with Gasteiger partial charge in [0.1, 0.15) is 5.75 Å². The lowest BCUT2D eigenvalue weighted by Crippen LogP contribution is -2.10. The summed E-state index contributed by atoms with van der Waals surface area (Å²) >= 11 is 0.689. The molecule has 26 heavy (non-hydrogen) atoms. The Morgan fingerprint density at radius 3 is 2.77 bits per heavy atom. The zero-order valence-corrected chi connectivity index (χ0v) is 14.9. The first kappa shape index (κ1) is 16.5. The summed E-state index contributed by atoms with van der Waals surface area (Å²) in [6.07, 6.45) is 3.76. The van der Waals surface area contributed by atoms with Crippen LogP contribution in [0.3, 0.4) is 0 Å². The Labute approximate surface area is 154 Å². The Kier molecular flexibility index (Phi) is 4.26.